The highest BCUT2D eigenvalue weighted by atomic mass is 16.3. The van der Waals surface area contributed by atoms with Crippen LogP contribution < -0.4 is 11.1 Å². The summed E-state index contributed by atoms with van der Waals surface area (Å²) in [6, 6.07) is 11.8. The lowest BCUT2D eigenvalue weighted by atomic mass is 10.1. The first-order valence-electron chi connectivity index (χ1n) is 7.54. The molecule has 0 bridgehead atoms. The molecule has 1 aromatic heterocycles. The summed E-state index contributed by atoms with van der Waals surface area (Å²) < 4.78 is 5.89. The molecule has 0 spiro atoms. The predicted octanol–water partition coefficient (Wildman–Crippen LogP) is 4.45. The molecule has 3 N–H and O–H groups in total. The fraction of sp³-hybridized carbons (Fsp3) is 0.278. The molecule has 0 aliphatic rings. The van der Waals surface area contributed by atoms with Crippen molar-refractivity contribution in [2.24, 2.45) is 5.92 Å². The Balaban J connectivity index is 1.93. The number of nitrogens with one attached hydrogen (secondary N) is 1. The van der Waals surface area contributed by atoms with Gasteiger partial charge in [-0.05, 0) is 42.7 Å². The smallest absolute Gasteiger partial charge is 0.227 e. The number of aryl methyl sites for hydroxylation is 1. The van der Waals surface area contributed by atoms with Gasteiger partial charge in [-0.25, -0.2) is 4.98 Å². The molecule has 114 valence electrons. The van der Waals surface area contributed by atoms with Gasteiger partial charge in [0.15, 0.2) is 5.58 Å². The summed E-state index contributed by atoms with van der Waals surface area (Å²) in [5, 5.41) is 3.35. The van der Waals surface area contributed by atoms with Gasteiger partial charge in [-0.1, -0.05) is 26.0 Å². The van der Waals surface area contributed by atoms with Crippen molar-refractivity contribution >= 4 is 22.5 Å². The van der Waals surface area contributed by atoms with Gasteiger partial charge in [0.2, 0.25) is 5.89 Å². The minimum absolute atomic E-state index is 0.569. The lowest BCUT2D eigenvalue weighted by Gasteiger charge is -2.11. The third-order valence-electron chi connectivity index (χ3n) is 3.61. The normalized spacial score (nSPS) is 11.3. The number of aromatic nitrogens is 1. The zero-order chi connectivity index (χ0) is 15.7. The van der Waals surface area contributed by atoms with E-state index in [1.165, 1.54) is 0 Å². The van der Waals surface area contributed by atoms with Crippen molar-refractivity contribution < 1.29 is 4.42 Å². The Morgan fingerprint density at radius 2 is 2.05 bits per heavy atom. The van der Waals surface area contributed by atoms with Crippen LogP contribution in [0.5, 0.6) is 0 Å². The summed E-state index contributed by atoms with van der Waals surface area (Å²) in [5.74, 6) is 1.17. The number of oxazole rings is 1. The monoisotopic (exact) mass is 295 g/mol. The number of hydrogen-bond donors (Lipinski definition) is 2. The number of hydrogen-bond acceptors (Lipinski definition) is 4. The van der Waals surface area contributed by atoms with Crippen LogP contribution in [0.2, 0.25) is 0 Å². The van der Waals surface area contributed by atoms with Gasteiger partial charge in [-0.3, -0.25) is 0 Å². The number of nitrogens with two attached hydrogens (primary N) is 1. The maximum absolute atomic E-state index is 6.14. The first-order chi connectivity index (χ1) is 10.5. The Morgan fingerprint density at radius 1 is 1.23 bits per heavy atom. The average molecular weight is 295 g/mol. The van der Waals surface area contributed by atoms with Crippen LogP contribution in [0.25, 0.3) is 22.6 Å². The van der Waals surface area contributed by atoms with E-state index in [2.05, 4.69) is 24.1 Å². The standard InChI is InChI=1S/C18H21N3O/c1-11(2)10-20-15-8-7-13(9-14(15)19)18-21-16-6-4-5-12(3)17(16)22-18/h4-9,11,20H,10,19H2,1-3H3. The van der Waals surface area contributed by atoms with Crippen LogP contribution in [0, 0.1) is 12.8 Å². The molecule has 22 heavy (non-hydrogen) atoms. The van der Waals surface area contributed by atoms with E-state index in [4.69, 9.17) is 10.2 Å². The molecule has 2 aromatic carbocycles. The molecule has 0 amide bonds. The van der Waals surface area contributed by atoms with Crippen molar-refractivity contribution in [1.82, 2.24) is 4.98 Å². The maximum Gasteiger partial charge on any atom is 0.227 e. The summed E-state index contributed by atoms with van der Waals surface area (Å²) >= 11 is 0. The lowest BCUT2D eigenvalue weighted by Crippen LogP contribution is -2.09. The second-order valence-corrected chi connectivity index (χ2v) is 6.02. The zero-order valence-electron chi connectivity index (χ0n) is 13.2. The highest BCUT2D eigenvalue weighted by Crippen LogP contribution is 2.30. The summed E-state index contributed by atoms with van der Waals surface area (Å²) in [6.07, 6.45) is 0. The molecule has 0 aliphatic carbocycles. The SMILES string of the molecule is Cc1cccc2nc(-c3ccc(NCC(C)C)c(N)c3)oc12. The Labute approximate surface area is 130 Å². The third-order valence-corrected chi connectivity index (χ3v) is 3.61. The van der Waals surface area contributed by atoms with E-state index in [0.717, 1.165) is 34.5 Å². The molecular weight excluding hydrogens is 274 g/mol. The number of anilines is 2. The predicted molar refractivity (Wildman–Crippen MR) is 91.9 cm³/mol. The Morgan fingerprint density at radius 3 is 2.73 bits per heavy atom. The highest BCUT2D eigenvalue weighted by Gasteiger charge is 2.11. The number of benzene rings is 2. The molecule has 4 nitrogen and oxygen atoms in total. The van der Waals surface area contributed by atoms with Crippen LogP contribution in [-0.2, 0) is 0 Å². The molecular formula is C18H21N3O. The number of para-hydroxylation sites is 1. The first-order valence-corrected chi connectivity index (χ1v) is 7.54. The third kappa shape index (κ3) is 2.77. The lowest BCUT2D eigenvalue weighted by molar-refractivity contribution is 0.617. The molecule has 3 rings (SSSR count). The molecule has 0 atom stereocenters. The largest absolute Gasteiger partial charge is 0.436 e. The van der Waals surface area contributed by atoms with Gasteiger partial charge in [0.05, 0.1) is 11.4 Å². The molecule has 0 fully saturated rings. The van der Waals surface area contributed by atoms with E-state index >= 15 is 0 Å². The quantitative estimate of drug-likeness (QED) is 0.698. The molecule has 0 saturated heterocycles. The second-order valence-electron chi connectivity index (χ2n) is 6.02. The molecule has 0 saturated carbocycles. The number of nitrogen functional groups attached to an aromatic ring is 1. The van der Waals surface area contributed by atoms with E-state index in [1.807, 2.05) is 43.3 Å². The Kier molecular flexibility index (Phi) is 3.75. The first kappa shape index (κ1) is 14.4. The van der Waals surface area contributed by atoms with Crippen molar-refractivity contribution in [1.29, 1.82) is 0 Å². The topological polar surface area (TPSA) is 64.1 Å². The molecule has 0 radical (unpaired) electrons. The number of rotatable bonds is 4. The van der Waals surface area contributed by atoms with E-state index in [-0.39, 0.29) is 0 Å². The molecule has 1 heterocycles. The molecule has 4 heteroatoms. The average Bonchev–Trinajstić information content (AvgIpc) is 2.91. The number of nitrogens with zero attached hydrogens (tertiary/aromatic N) is 1. The second kappa shape index (κ2) is 5.72. The van der Waals surface area contributed by atoms with Gasteiger partial charge >= 0.3 is 0 Å². The summed E-state index contributed by atoms with van der Waals surface area (Å²) in [6.45, 7) is 7.24. The van der Waals surface area contributed by atoms with Crippen LogP contribution >= 0.6 is 0 Å². The van der Waals surface area contributed by atoms with Crippen molar-refractivity contribution in [3.05, 3.63) is 42.0 Å². The van der Waals surface area contributed by atoms with Crippen molar-refractivity contribution in [3.8, 4) is 11.5 Å². The van der Waals surface area contributed by atoms with Gasteiger partial charge in [0.1, 0.15) is 5.52 Å². The summed E-state index contributed by atoms with van der Waals surface area (Å²) in [7, 11) is 0. The van der Waals surface area contributed by atoms with Crippen LogP contribution in [0.4, 0.5) is 11.4 Å². The Hall–Kier alpha value is -2.49. The van der Waals surface area contributed by atoms with Crippen LogP contribution in [0.1, 0.15) is 19.4 Å². The van der Waals surface area contributed by atoms with Gasteiger partial charge < -0.3 is 15.5 Å². The van der Waals surface area contributed by atoms with E-state index in [9.17, 15) is 0 Å². The fourth-order valence-corrected chi connectivity index (χ4v) is 2.38. The fourth-order valence-electron chi connectivity index (χ4n) is 2.38. The van der Waals surface area contributed by atoms with Crippen molar-refractivity contribution in [2.75, 3.05) is 17.6 Å². The molecule has 3 aromatic rings. The minimum atomic E-state index is 0.569. The van der Waals surface area contributed by atoms with E-state index < -0.39 is 0 Å². The summed E-state index contributed by atoms with van der Waals surface area (Å²) in [5.41, 5.74) is 11.5. The zero-order valence-corrected chi connectivity index (χ0v) is 13.2. The van der Waals surface area contributed by atoms with Crippen LogP contribution in [-0.4, -0.2) is 11.5 Å². The van der Waals surface area contributed by atoms with E-state index in [1.54, 1.807) is 0 Å². The maximum atomic E-state index is 6.14. The van der Waals surface area contributed by atoms with Crippen LogP contribution in [0.15, 0.2) is 40.8 Å². The highest BCUT2D eigenvalue weighted by molar-refractivity contribution is 5.80. The minimum Gasteiger partial charge on any atom is -0.436 e. The van der Waals surface area contributed by atoms with E-state index in [0.29, 0.717) is 17.5 Å². The summed E-state index contributed by atoms with van der Waals surface area (Å²) in [4.78, 5) is 4.55. The Bertz CT molecular complexity index is 805. The van der Waals surface area contributed by atoms with Gasteiger partial charge in [-0.15, -0.1) is 0 Å². The number of fused-ring (bicyclic) bond motifs is 1. The molecule has 0 unspecified atom stereocenters. The van der Waals surface area contributed by atoms with Crippen molar-refractivity contribution in [3.63, 3.8) is 0 Å². The van der Waals surface area contributed by atoms with Crippen LogP contribution in [0.3, 0.4) is 0 Å². The van der Waals surface area contributed by atoms with Crippen molar-refractivity contribution in [2.45, 2.75) is 20.8 Å². The van der Waals surface area contributed by atoms with Gasteiger partial charge in [0, 0.05) is 12.1 Å². The molecule has 0 aliphatic heterocycles. The van der Waals surface area contributed by atoms with Gasteiger partial charge in [-0.2, -0.15) is 0 Å². The van der Waals surface area contributed by atoms with Gasteiger partial charge in [0.25, 0.3) is 0 Å².